The average Bonchev–Trinajstić information content (AvgIpc) is 2.96. The summed E-state index contributed by atoms with van der Waals surface area (Å²) in [6.07, 6.45) is 17.6. The van der Waals surface area contributed by atoms with Crippen LogP contribution in [0.15, 0.2) is 41.0 Å². The zero-order valence-corrected chi connectivity index (χ0v) is 19.4. The Morgan fingerprint density at radius 2 is 1.92 bits per heavy atom. The smallest absolute Gasteiger partial charge is 1.00 e. The van der Waals surface area contributed by atoms with Gasteiger partial charge in [-0.05, 0) is 37.9 Å². The molecular weight excluding hydrogens is 391 g/mol. The largest absolute Gasteiger partial charge is 3.00 e. The number of hydrogen-bond donors (Lipinski definition) is 0. The number of rotatable bonds is 6. The fourth-order valence-electron chi connectivity index (χ4n) is 3.53. The van der Waals surface area contributed by atoms with E-state index in [4.69, 9.17) is 0 Å². The number of allylic oxidation sites excluding steroid dienone is 7. The van der Waals surface area contributed by atoms with Gasteiger partial charge in [0.25, 0.3) is 0 Å². The first kappa shape index (κ1) is 26.8. The maximum absolute atomic E-state index is 3.59. The molecule has 4 heteroatoms. The number of hydrogen-bond acceptors (Lipinski definition) is 1. The molecule has 133 valence electrons. The second-order valence-electron chi connectivity index (χ2n) is 6.83. The van der Waals surface area contributed by atoms with Gasteiger partial charge in [0.15, 0.2) is 0 Å². The van der Waals surface area contributed by atoms with Crippen LogP contribution in [0.5, 0.6) is 0 Å². The van der Waals surface area contributed by atoms with E-state index < -0.39 is 0 Å². The third kappa shape index (κ3) is 5.30. The van der Waals surface area contributed by atoms with Crippen molar-refractivity contribution in [2.24, 2.45) is 5.41 Å². The number of halogens is 2. The molecule has 0 bridgehead atoms. The van der Waals surface area contributed by atoms with Gasteiger partial charge in [-0.1, -0.05) is 50.5 Å². The molecule has 1 radical (unpaired) electrons. The van der Waals surface area contributed by atoms with Crippen molar-refractivity contribution in [1.29, 1.82) is 0 Å². The van der Waals surface area contributed by atoms with Gasteiger partial charge >= 0.3 is 21.7 Å². The van der Waals surface area contributed by atoms with E-state index in [0.29, 0.717) is 0 Å². The second-order valence-corrected chi connectivity index (χ2v) is 8.22. The van der Waals surface area contributed by atoms with E-state index >= 15 is 0 Å². The van der Waals surface area contributed by atoms with Crippen LogP contribution < -0.4 is 24.8 Å². The van der Waals surface area contributed by atoms with Gasteiger partial charge in [-0.2, -0.15) is 6.08 Å². The first-order valence-electron chi connectivity index (χ1n) is 8.21. The molecule has 0 aromatic rings. The predicted octanol–water partition coefficient (Wildman–Crippen LogP) is 0.276. The molecule has 0 N–H and O–H groups in total. The molecule has 0 nitrogen and oxygen atoms in total. The first-order chi connectivity index (χ1) is 9.94. The van der Waals surface area contributed by atoms with Gasteiger partial charge in [-0.3, -0.25) is 6.08 Å². The van der Waals surface area contributed by atoms with Crippen LogP contribution in [0, 0.1) is 11.5 Å². The summed E-state index contributed by atoms with van der Waals surface area (Å²) < 4.78 is 0.179. The van der Waals surface area contributed by atoms with E-state index in [1.54, 1.807) is 0 Å². The molecule has 0 saturated heterocycles. The van der Waals surface area contributed by atoms with E-state index in [-0.39, 0.29) is 56.7 Å². The normalized spacial score (nSPS) is 22.5. The Bertz CT molecular complexity index is 518. The third-order valence-corrected chi connectivity index (χ3v) is 7.00. The van der Waals surface area contributed by atoms with Gasteiger partial charge < -0.3 is 24.8 Å². The molecule has 0 fully saturated rings. The number of thioether (sulfide) groups is 1. The van der Waals surface area contributed by atoms with Crippen molar-refractivity contribution >= 4 is 11.8 Å². The van der Waals surface area contributed by atoms with Crippen molar-refractivity contribution in [2.75, 3.05) is 5.75 Å². The molecule has 0 aromatic carbocycles. The maximum atomic E-state index is 3.59. The monoisotopic (exact) mass is 419 g/mol. The molecule has 1 atom stereocenters. The molecule has 0 saturated carbocycles. The summed E-state index contributed by atoms with van der Waals surface area (Å²) in [6, 6.07) is 0. The predicted molar refractivity (Wildman–Crippen MR) is 96.5 cm³/mol. The van der Waals surface area contributed by atoms with Crippen LogP contribution in [0.1, 0.15) is 60.3 Å². The molecular formula is C20H29Cl2STi. The Morgan fingerprint density at radius 3 is 2.42 bits per heavy atom. The van der Waals surface area contributed by atoms with Crippen LogP contribution in [0.3, 0.4) is 0 Å². The molecule has 0 spiro atoms. The van der Waals surface area contributed by atoms with Gasteiger partial charge in [-0.15, -0.1) is 18.2 Å². The van der Waals surface area contributed by atoms with Crippen molar-refractivity contribution in [2.45, 2.75) is 65.0 Å². The van der Waals surface area contributed by atoms with Crippen molar-refractivity contribution in [3.63, 3.8) is 0 Å². The summed E-state index contributed by atoms with van der Waals surface area (Å²) in [5, 5.41) is 0. The van der Waals surface area contributed by atoms with Gasteiger partial charge in [0, 0.05) is 4.75 Å². The van der Waals surface area contributed by atoms with Crippen molar-refractivity contribution < 1.29 is 46.5 Å². The quantitative estimate of drug-likeness (QED) is 0.338. The van der Waals surface area contributed by atoms with Crippen molar-refractivity contribution in [3.05, 3.63) is 47.1 Å². The van der Waals surface area contributed by atoms with Crippen LogP contribution in [0.4, 0.5) is 0 Å². The van der Waals surface area contributed by atoms with Gasteiger partial charge in [-0.25, -0.2) is 11.6 Å². The fraction of sp³-hybridized carbons (Fsp3) is 0.600. The summed E-state index contributed by atoms with van der Waals surface area (Å²) in [5.41, 5.74) is 4.46. The summed E-state index contributed by atoms with van der Waals surface area (Å²) >= 11 is 2.17. The summed E-state index contributed by atoms with van der Waals surface area (Å²) in [6.45, 7) is 11.7. The third-order valence-electron chi connectivity index (χ3n) is 5.02. The molecule has 2 rings (SSSR count). The Hall–Kier alpha value is 0.604. The molecule has 0 aliphatic heterocycles. The van der Waals surface area contributed by atoms with Crippen LogP contribution in [0.2, 0.25) is 0 Å². The molecule has 0 amide bonds. The van der Waals surface area contributed by atoms with E-state index in [2.05, 4.69) is 76.8 Å². The van der Waals surface area contributed by atoms with Crippen LogP contribution in [-0.4, -0.2) is 10.5 Å². The Balaban J connectivity index is 0. The van der Waals surface area contributed by atoms with E-state index in [9.17, 15) is 0 Å². The van der Waals surface area contributed by atoms with Crippen molar-refractivity contribution in [3.8, 4) is 0 Å². The second kappa shape index (κ2) is 11.3. The van der Waals surface area contributed by atoms with Crippen LogP contribution in [-0.2, 0) is 21.7 Å². The standard InChI is InChI=1S/C20H29S.2ClH.Ti/c1-6-7-14-21-20(13-12-16(2)15-17(20)3)19(4,5)18-10-8-9-11-18;;;/h8,10,12,15H,6-7,9,13-14H2,1-5H3;2*1H;/q-1;;;+3/p-2. The first-order valence-corrected chi connectivity index (χ1v) is 9.20. The fourth-order valence-corrected chi connectivity index (χ4v) is 5.27. The summed E-state index contributed by atoms with van der Waals surface area (Å²) in [7, 11) is 0. The maximum Gasteiger partial charge on any atom is 3.00 e. The van der Waals surface area contributed by atoms with E-state index in [1.807, 2.05) is 0 Å². The Morgan fingerprint density at radius 1 is 1.25 bits per heavy atom. The molecule has 1 unspecified atom stereocenters. The molecule has 2 aliphatic carbocycles. The Labute approximate surface area is 180 Å². The SMILES string of the molecule is CCCCSC1(C(C)(C)C2=[C-]CC=C2)CC=C(C)C=C1C.[Cl-].[Cl-].[Ti+3]. The average molecular weight is 420 g/mol. The van der Waals surface area contributed by atoms with Gasteiger partial charge in [0.05, 0.1) is 0 Å². The number of unbranched alkanes of at least 4 members (excludes halogenated alkanes) is 1. The van der Waals surface area contributed by atoms with E-state index in [1.165, 1.54) is 35.3 Å². The molecule has 2 aliphatic rings. The molecule has 0 aromatic heterocycles. The topological polar surface area (TPSA) is 0 Å². The minimum atomic E-state index is 0. The van der Waals surface area contributed by atoms with Gasteiger partial charge in [0.1, 0.15) is 0 Å². The van der Waals surface area contributed by atoms with E-state index in [0.717, 1.165) is 12.8 Å². The zero-order chi connectivity index (χ0) is 15.5. The van der Waals surface area contributed by atoms with Gasteiger partial charge in [0.2, 0.25) is 0 Å². The Kier molecular flexibility index (Phi) is 12.7. The van der Waals surface area contributed by atoms with Crippen LogP contribution >= 0.6 is 11.8 Å². The zero-order valence-electron chi connectivity index (χ0n) is 15.5. The van der Waals surface area contributed by atoms with Crippen LogP contribution in [0.25, 0.3) is 0 Å². The minimum Gasteiger partial charge on any atom is -1.00 e. The summed E-state index contributed by atoms with van der Waals surface area (Å²) in [4.78, 5) is 0. The van der Waals surface area contributed by atoms with Crippen molar-refractivity contribution in [1.82, 2.24) is 0 Å². The minimum absolute atomic E-state index is 0. The molecule has 0 heterocycles. The summed E-state index contributed by atoms with van der Waals surface area (Å²) in [5.74, 6) is 1.25. The molecule has 24 heavy (non-hydrogen) atoms.